The summed E-state index contributed by atoms with van der Waals surface area (Å²) in [5.41, 5.74) is 1.80. The summed E-state index contributed by atoms with van der Waals surface area (Å²) in [6, 6.07) is 10.9. The van der Waals surface area contributed by atoms with Crippen molar-refractivity contribution < 1.29 is 22.9 Å². The van der Waals surface area contributed by atoms with Crippen molar-refractivity contribution in [1.29, 1.82) is 0 Å². The molecule has 29 heavy (non-hydrogen) atoms. The molecule has 0 atom stereocenters. The molecule has 9 nitrogen and oxygen atoms in total. The van der Waals surface area contributed by atoms with Crippen LogP contribution in [0.3, 0.4) is 0 Å². The number of ether oxygens (including phenoxy) is 1. The molecular weight excluding hydrogens is 398 g/mol. The van der Waals surface area contributed by atoms with E-state index < -0.39 is 27.4 Å². The van der Waals surface area contributed by atoms with E-state index in [0.29, 0.717) is 5.75 Å². The molecule has 0 aliphatic carbocycles. The van der Waals surface area contributed by atoms with E-state index in [9.17, 15) is 23.3 Å². The minimum Gasteiger partial charge on any atom is -0.491 e. The predicted octanol–water partition coefficient (Wildman–Crippen LogP) is 2.17. The van der Waals surface area contributed by atoms with Gasteiger partial charge in [0.2, 0.25) is 15.9 Å². The first-order valence-electron chi connectivity index (χ1n) is 8.77. The number of nitro groups is 1. The van der Waals surface area contributed by atoms with Gasteiger partial charge in [-0.05, 0) is 37.1 Å². The van der Waals surface area contributed by atoms with Crippen molar-refractivity contribution >= 4 is 27.3 Å². The Balaban J connectivity index is 1.98. The fraction of sp³-hybridized carbons (Fsp3) is 0.316. The average molecular weight is 421 g/mol. The topological polar surface area (TPSA) is 119 Å². The van der Waals surface area contributed by atoms with E-state index in [-0.39, 0.29) is 24.5 Å². The maximum atomic E-state index is 12.2. The Kier molecular flexibility index (Phi) is 7.16. The molecule has 1 N–H and O–H groups in total. The minimum atomic E-state index is -3.82. The quantitative estimate of drug-likeness (QED) is 0.377. The van der Waals surface area contributed by atoms with Gasteiger partial charge in [0.15, 0.2) is 0 Å². The van der Waals surface area contributed by atoms with Gasteiger partial charge in [-0.3, -0.25) is 19.2 Å². The highest BCUT2D eigenvalue weighted by atomic mass is 32.2. The molecule has 10 heteroatoms. The lowest BCUT2D eigenvalue weighted by Crippen LogP contribution is -2.41. The molecule has 156 valence electrons. The fourth-order valence-electron chi connectivity index (χ4n) is 2.56. The number of benzene rings is 2. The van der Waals surface area contributed by atoms with E-state index in [1.165, 1.54) is 18.2 Å². The number of anilines is 1. The third-order valence-corrected chi connectivity index (χ3v) is 5.18. The van der Waals surface area contributed by atoms with Crippen molar-refractivity contribution in [2.24, 2.45) is 0 Å². The van der Waals surface area contributed by atoms with Gasteiger partial charge < -0.3 is 10.1 Å². The van der Waals surface area contributed by atoms with Crippen LogP contribution in [0.15, 0.2) is 42.5 Å². The van der Waals surface area contributed by atoms with Gasteiger partial charge in [-0.25, -0.2) is 8.42 Å². The van der Waals surface area contributed by atoms with Crippen LogP contribution in [0.1, 0.15) is 11.1 Å². The summed E-state index contributed by atoms with van der Waals surface area (Å²) in [4.78, 5) is 22.5. The van der Waals surface area contributed by atoms with E-state index in [2.05, 4.69) is 5.32 Å². The number of rotatable bonds is 9. The summed E-state index contributed by atoms with van der Waals surface area (Å²) >= 11 is 0. The Morgan fingerprint density at radius 2 is 1.93 bits per heavy atom. The first-order chi connectivity index (χ1) is 13.6. The van der Waals surface area contributed by atoms with Crippen LogP contribution in [0.25, 0.3) is 0 Å². The number of carbonyl (C=O) groups excluding carboxylic acids is 1. The van der Waals surface area contributed by atoms with Crippen LogP contribution in [0.4, 0.5) is 11.4 Å². The number of non-ortho nitro benzene ring substituents is 1. The molecule has 0 aliphatic rings. The van der Waals surface area contributed by atoms with Gasteiger partial charge in [0.05, 0.1) is 23.4 Å². The number of sulfonamides is 1. The standard InChI is InChI=1S/C19H23N3O6S/c1-14-7-8-15(2)18(11-14)28-10-9-20-19(23)13-21(29(3,26)27)16-5-4-6-17(12-16)22(24)25/h4-8,11-12H,9-10,13H2,1-3H3,(H,20,23). The van der Waals surface area contributed by atoms with Gasteiger partial charge >= 0.3 is 0 Å². The number of nitrogens with zero attached hydrogens (tertiary/aromatic N) is 2. The van der Waals surface area contributed by atoms with E-state index >= 15 is 0 Å². The third-order valence-electron chi connectivity index (χ3n) is 4.04. The van der Waals surface area contributed by atoms with E-state index in [0.717, 1.165) is 27.8 Å². The second-order valence-corrected chi connectivity index (χ2v) is 8.42. The molecule has 2 aromatic rings. The number of carbonyl (C=O) groups is 1. The smallest absolute Gasteiger partial charge is 0.271 e. The molecule has 0 heterocycles. The SMILES string of the molecule is Cc1ccc(C)c(OCCNC(=O)CN(c2cccc([N+](=O)[O-])c2)S(C)(=O)=O)c1. The molecular formula is C19H23N3O6S. The molecule has 0 radical (unpaired) electrons. The Labute approximate surface area is 169 Å². The number of nitro benzene ring substituents is 1. The van der Waals surface area contributed by atoms with Crippen molar-refractivity contribution in [3.05, 3.63) is 63.7 Å². The molecule has 0 saturated heterocycles. The first-order valence-corrected chi connectivity index (χ1v) is 10.6. The summed E-state index contributed by atoms with van der Waals surface area (Å²) in [6.45, 7) is 3.76. The summed E-state index contributed by atoms with van der Waals surface area (Å²) in [5, 5.41) is 13.5. The van der Waals surface area contributed by atoms with Crippen LogP contribution in [0.5, 0.6) is 5.75 Å². The summed E-state index contributed by atoms with van der Waals surface area (Å²) in [7, 11) is -3.82. The predicted molar refractivity (Wildman–Crippen MR) is 110 cm³/mol. The van der Waals surface area contributed by atoms with Crippen LogP contribution in [-0.2, 0) is 14.8 Å². The van der Waals surface area contributed by atoms with Gasteiger partial charge in [0.1, 0.15) is 18.9 Å². The number of amides is 1. The Bertz CT molecular complexity index is 1010. The maximum absolute atomic E-state index is 12.2. The molecule has 1 amide bonds. The lowest BCUT2D eigenvalue weighted by Gasteiger charge is -2.21. The zero-order valence-corrected chi connectivity index (χ0v) is 17.2. The van der Waals surface area contributed by atoms with Crippen molar-refractivity contribution in [3.63, 3.8) is 0 Å². The highest BCUT2D eigenvalue weighted by Crippen LogP contribution is 2.23. The minimum absolute atomic E-state index is 0.0449. The molecule has 0 unspecified atom stereocenters. The summed E-state index contributed by atoms with van der Waals surface area (Å²) < 4.78 is 30.6. The molecule has 0 aliphatic heterocycles. The molecule has 2 aromatic carbocycles. The number of aryl methyl sites for hydroxylation is 2. The second kappa shape index (κ2) is 9.37. The van der Waals surface area contributed by atoms with E-state index in [1.54, 1.807) is 0 Å². The van der Waals surface area contributed by atoms with Gasteiger partial charge in [-0.2, -0.15) is 0 Å². The van der Waals surface area contributed by atoms with Crippen LogP contribution in [0, 0.1) is 24.0 Å². The second-order valence-electron chi connectivity index (χ2n) is 6.51. The van der Waals surface area contributed by atoms with E-state index in [4.69, 9.17) is 4.74 Å². The summed E-state index contributed by atoms with van der Waals surface area (Å²) in [6.07, 6.45) is 0.933. The largest absolute Gasteiger partial charge is 0.491 e. The summed E-state index contributed by atoms with van der Waals surface area (Å²) in [5.74, 6) is 0.167. The molecule has 0 bridgehead atoms. The Hall–Kier alpha value is -3.14. The average Bonchev–Trinajstić information content (AvgIpc) is 2.65. The monoisotopic (exact) mass is 421 g/mol. The van der Waals surface area contributed by atoms with Gasteiger partial charge in [-0.15, -0.1) is 0 Å². The lowest BCUT2D eigenvalue weighted by atomic mass is 10.1. The molecule has 0 aromatic heterocycles. The van der Waals surface area contributed by atoms with Crippen molar-refractivity contribution in [3.8, 4) is 5.75 Å². The number of nitrogens with one attached hydrogen (secondary N) is 1. The highest BCUT2D eigenvalue weighted by molar-refractivity contribution is 7.92. The molecule has 0 spiro atoms. The van der Waals surface area contributed by atoms with Gasteiger partial charge in [0.25, 0.3) is 5.69 Å². The van der Waals surface area contributed by atoms with Crippen molar-refractivity contribution in [1.82, 2.24) is 5.32 Å². The molecule has 0 fully saturated rings. The van der Waals surface area contributed by atoms with Gasteiger partial charge in [-0.1, -0.05) is 18.2 Å². The Morgan fingerprint density at radius 3 is 2.59 bits per heavy atom. The van der Waals surface area contributed by atoms with Crippen molar-refractivity contribution in [2.45, 2.75) is 13.8 Å². The van der Waals surface area contributed by atoms with Crippen LogP contribution in [0.2, 0.25) is 0 Å². The molecule has 0 saturated carbocycles. The normalized spacial score (nSPS) is 11.0. The third kappa shape index (κ3) is 6.46. The van der Waals surface area contributed by atoms with Gasteiger partial charge in [0, 0.05) is 12.1 Å². The maximum Gasteiger partial charge on any atom is 0.271 e. The number of hydrogen-bond acceptors (Lipinski definition) is 6. The van der Waals surface area contributed by atoms with Crippen LogP contribution < -0.4 is 14.4 Å². The van der Waals surface area contributed by atoms with E-state index in [1.807, 2.05) is 32.0 Å². The zero-order valence-electron chi connectivity index (χ0n) is 16.4. The van der Waals surface area contributed by atoms with Crippen LogP contribution in [-0.4, -0.2) is 45.2 Å². The number of hydrogen-bond donors (Lipinski definition) is 1. The highest BCUT2D eigenvalue weighted by Gasteiger charge is 2.22. The Morgan fingerprint density at radius 1 is 1.21 bits per heavy atom. The van der Waals surface area contributed by atoms with Crippen molar-refractivity contribution in [2.75, 3.05) is 30.3 Å². The lowest BCUT2D eigenvalue weighted by molar-refractivity contribution is -0.384. The van der Waals surface area contributed by atoms with Crippen LogP contribution >= 0.6 is 0 Å². The zero-order chi connectivity index (χ0) is 21.6. The first kappa shape index (κ1) is 22.2. The fourth-order valence-corrected chi connectivity index (χ4v) is 3.41. The molecule has 2 rings (SSSR count).